The molecule has 148 valence electrons. The van der Waals surface area contributed by atoms with Gasteiger partial charge in [0.15, 0.2) is 0 Å². The lowest BCUT2D eigenvalue weighted by atomic mass is 10.2. The quantitative estimate of drug-likeness (QED) is 0.326. The molecule has 28 heavy (non-hydrogen) atoms. The first-order valence-electron chi connectivity index (χ1n) is 8.44. The van der Waals surface area contributed by atoms with Crippen molar-refractivity contribution in [2.45, 2.75) is 30.7 Å². The Morgan fingerprint density at radius 3 is 2.57 bits per heavy atom. The average Bonchev–Trinajstić information content (AvgIpc) is 3.12. The van der Waals surface area contributed by atoms with E-state index in [2.05, 4.69) is 0 Å². The molecule has 0 aliphatic carbocycles. The molecule has 1 aliphatic rings. The average molecular weight is 408 g/mol. The molecular weight excluding hydrogens is 391 g/mol. The summed E-state index contributed by atoms with van der Waals surface area (Å²) in [5, 5.41) is 11.1. The van der Waals surface area contributed by atoms with Crippen LogP contribution in [0.4, 0.5) is 10.1 Å². The van der Waals surface area contributed by atoms with Crippen LogP contribution in [0.25, 0.3) is 0 Å². The van der Waals surface area contributed by atoms with Gasteiger partial charge in [-0.25, -0.2) is 17.6 Å². The molecule has 0 radical (unpaired) electrons. The number of ether oxygens (including phenoxy) is 1. The van der Waals surface area contributed by atoms with Crippen molar-refractivity contribution in [2.75, 3.05) is 6.54 Å². The lowest BCUT2D eigenvalue weighted by Crippen LogP contribution is -2.42. The predicted octanol–water partition coefficient (Wildman–Crippen LogP) is 2.80. The Morgan fingerprint density at radius 1 is 1.25 bits per heavy atom. The highest BCUT2D eigenvalue weighted by molar-refractivity contribution is 7.89. The first-order chi connectivity index (χ1) is 13.2. The van der Waals surface area contributed by atoms with Crippen LogP contribution in [0.15, 0.2) is 47.4 Å². The van der Waals surface area contributed by atoms with Gasteiger partial charge in [0, 0.05) is 18.7 Å². The summed E-state index contributed by atoms with van der Waals surface area (Å²) in [6, 6.07) is 7.52. The van der Waals surface area contributed by atoms with Crippen LogP contribution in [0.5, 0.6) is 5.75 Å². The van der Waals surface area contributed by atoms with Gasteiger partial charge in [0.05, 0.1) is 9.82 Å². The van der Waals surface area contributed by atoms with Crippen molar-refractivity contribution in [1.29, 1.82) is 0 Å². The van der Waals surface area contributed by atoms with E-state index >= 15 is 0 Å². The van der Waals surface area contributed by atoms with Gasteiger partial charge in [-0.1, -0.05) is 17.7 Å². The fraction of sp³-hybridized carbons (Fsp3) is 0.278. The molecule has 0 bridgehead atoms. The van der Waals surface area contributed by atoms with Gasteiger partial charge in [-0.05, 0) is 38.0 Å². The maximum atomic E-state index is 13.4. The zero-order valence-corrected chi connectivity index (χ0v) is 15.7. The second-order valence-electron chi connectivity index (χ2n) is 6.38. The van der Waals surface area contributed by atoms with E-state index in [1.807, 2.05) is 6.92 Å². The number of nitrogens with zero attached hydrogens (tertiary/aromatic N) is 2. The number of carbonyl (C=O) groups excluding carboxylic acids is 1. The zero-order chi connectivity index (χ0) is 20.5. The van der Waals surface area contributed by atoms with Crippen LogP contribution in [0, 0.1) is 22.9 Å². The number of hydrogen-bond acceptors (Lipinski definition) is 6. The van der Waals surface area contributed by atoms with Crippen molar-refractivity contribution in [1.82, 2.24) is 4.31 Å². The van der Waals surface area contributed by atoms with Gasteiger partial charge in [-0.15, -0.1) is 0 Å². The van der Waals surface area contributed by atoms with Crippen LogP contribution in [-0.2, 0) is 14.8 Å². The number of halogens is 1. The summed E-state index contributed by atoms with van der Waals surface area (Å²) in [5.74, 6) is -2.36. The van der Waals surface area contributed by atoms with Gasteiger partial charge in [0.1, 0.15) is 11.9 Å². The van der Waals surface area contributed by atoms with Crippen molar-refractivity contribution in [3.8, 4) is 5.75 Å². The molecule has 3 rings (SSSR count). The second-order valence-corrected chi connectivity index (χ2v) is 8.27. The van der Waals surface area contributed by atoms with Gasteiger partial charge in [-0.3, -0.25) is 10.1 Å². The topological polar surface area (TPSA) is 107 Å². The summed E-state index contributed by atoms with van der Waals surface area (Å²) in [4.78, 5) is 22.9. The van der Waals surface area contributed by atoms with E-state index in [1.165, 1.54) is 12.1 Å². The number of nitro benzene ring substituents is 1. The molecule has 0 saturated carbocycles. The Balaban J connectivity index is 1.87. The monoisotopic (exact) mass is 408 g/mol. The van der Waals surface area contributed by atoms with Gasteiger partial charge in [0.25, 0.3) is 0 Å². The Kier molecular flexibility index (Phi) is 5.43. The van der Waals surface area contributed by atoms with E-state index in [9.17, 15) is 27.7 Å². The van der Waals surface area contributed by atoms with Gasteiger partial charge in [0.2, 0.25) is 15.8 Å². The van der Waals surface area contributed by atoms with Gasteiger partial charge < -0.3 is 4.74 Å². The third-order valence-corrected chi connectivity index (χ3v) is 6.35. The molecular formula is C18H17FN2O6S. The minimum Gasteiger partial charge on any atom is -0.418 e. The van der Waals surface area contributed by atoms with Crippen LogP contribution >= 0.6 is 0 Å². The Morgan fingerprint density at radius 2 is 1.93 bits per heavy atom. The minimum absolute atomic E-state index is 0.0366. The summed E-state index contributed by atoms with van der Waals surface area (Å²) in [7, 11) is -3.95. The summed E-state index contributed by atoms with van der Waals surface area (Å²) < 4.78 is 45.3. The lowest BCUT2D eigenvalue weighted by Gasteiger charge is -2.22. The molecule has 0 N–H and O–H groups in total. The fourth-order valence-corrected chi connectivity index (χ4v) is 4.65. The number of sulfonamides is 1. The van der Waals surface area contributed by atoms with Crippen LogP contribution in [0.2, 0.25) is 0 Å². The summed E-state index contributed by atoms with van der Waals surface area (Å²) >= 11 is 0. The van der Waals surface area contributed by atoms with Crippen LogP contribution in [-0.4, -0.2) is 36.2 Å². The van der Waals surface area contributed by atoms with Crippen molar-refractivity contribution >= 4 is 21.7 Å². The standard InChI is InChI=1S/C18H17FN2O6S/c1-12-4-7-14(8-5-12)28(25,26)20-10-2-3-16(20)18(22)27-17-11-13(19)6-9-15(17)21(23)24/h4-9,11,16H,2-3,10H2,1H3. The van der Waals surface area contributed by atoms with E-state index in [0.29, 0.717) is 6.42 Å². The van der Waals surface area contributed by atoms with Crippen molar-refractivity contribution in [3.05, 3.63) is 64.0 Å². The third kappa shape index (κ3) is 3.87. The molecule has 1 unspecified atom stereocenters. The first-order valence-corrected chi connectivity index (χ1v) is 9.88. The molecule has 1 saturated heterocycles. The lowest BCUT2D eigenvalue weighted by molar-refractivity contribution is -0.385. The Labute approximate surface area is 160 Å². The van der Waals surface area contributed by atoms with Gasteiger partial charge >= 0.3 is 11.7 Å². The number of nitro groups is 1. The molecule has 0 spiro atoms. The van der Waals surface area contributed by atoms with E-state index in [4.69, 9.17) is 4.74 Å². The molecule has 1 heterocycles. The molecule has 1 atom stereocenters. The maximum Gasteiger partial charge on any atom is 0.330 e. The van der Waals surface area contributed by atoms with E-state index in [0.717, 1.165) is 28.1 Å². The molecule has 8 nitrogen and oxygen atoms in total. The Hall–Kier alpha value is -2.85. The Bertz CT molecular complexity index is 1020. The van der Waals surface area contributed by atoms with Gasteiger partial charge in [-0.2, -0.15) is 4.31 Å². The number of hydrogen-bond donors (Lipinski definition) is 0. The molecule has 2 aromatic rings. The van der Waals surface area contributed by atoms with Crippen LogP contribution in [0.3, 0.4) is 0 Å². The highest BCUT2D eigenvalue weighted by atomic mass is 32.2. The highest BCUT2D eigenvalue weighted by Gasteiger charge is 2.41. The van der Waals surface area contributed by atoms with E-state index in [-0.39, 0.29) is 17.9 Å². The molecule has 0 amide bonds. The van der Waals surface area contributed by atoms with Crippen LogP contribution < -0.4 is 4.74 Å². The largest absolute Gasteiger partial charge is 0.418 e. The molecule has 2 aromatic carbocycles. The van der Waals surface area contributed by atoms with E-state index in [1.54, 1.807) is 12.1 Å². The summed E-state index contributed by atoms with van der Waals surface area (Å²) in [5.41, 5.74) is 0.301. The number of rotatable bonds is 5. The fourth-order valence-electron chi connectivity index (χ4n) is 3.01. The number of carbonyl (C=O) groups is 1. The van der Waals surface area contributed by atoms with Crippen molar-refractivity contribution in [2.24, 2.45) is 0 Å². The highest BCUT2D eigenvalue weighted by Crippen LogP contribution is 2.31. The summed E-state index contributed by atoms with van der Waals surface area (Å²) in [6.07, 6.45) is 0.628. The second kappa shape index (κ2) is 7.64. The smallest absolute Gasteiger partial charge is 0.330 e. The molecule has 10 heteroatoms. The predicted molar refractivity (Wildman–Crippen MR) is 96.8 cm³/mol. The zero-order valence-electron chi connectivity index (χ0n) is 14.9. The number of aryl methyl sites for hydroxylation is 1. The molecule has 1 aliphatic heterocycles. The van der Waals surface area contributed by atoms with Crippen molar-refractivity contribution in [3.63, 3.8) is 0 Å². The minimum atomic E-state index is -3.95. The van der Waals surface area contributed by atoms with Crippen molar-refractivity contribution < 1.29 is 27.3 Å². The number of esters is 1. The molecule has 1 fully saturated rings. The van der Waals surface area contributed by atoms with E-state index < -0.39 is 44.2 Å². The van der Waals surface area contributed by atoms with Crippen LogP contribution in [0.1, 0.15) is 18.4 Å². The first kappa shape index (κ1) is 19.9. The maximum absolute atomic E-state index is 13.4. The third-order valence-electron chi connectivity index (χ3n) is 4.43. The number of benzene rings is 2. The summed E-state index contributed by atoms with van der Waals surface area (Å²) in [6.45, 7) is 1.93. The SMILES string of the molecule is Cc1ccc(S(=O)(=O)N2CCCC2C(=O)Oc2cc(F)ccc2[N+](=O)[O-])cc1. The normalized spacial score (nSPS) is 17.4. The molecule has 0 aromatic heterocycles.